The lowest BCUT2D eigenvalue weighted by Crippen LogP contribution is -2.31. The van der Waals surface area contributed by atoms with Crippen molar-refractivity contribution in [3.8, 4) is 0 Å². The van der Waals surface area contributed by atoms with Gasteiger partial charge in [0.1, 0.15) is 0 Å². The molecular formula is C23H20N4O4S. The molecule has 1 aliphatic rings. The van der Waals surface area contributed by atoms with Crippen molar-refractivity contribution in [1.29, 1.82) is 0 Å². The molecule has 3 heterocycles. The van der Waals surface area contributed by atoms with E-state index in [9.17, 15) is 19.5 Å². The molecule has 2 N–H and O–H groups in total. The third-order valence-electron chi connectivity index (χ3n) is 5.01. The number of anilines is 2. The van der Waals surface area contributed by atoms with E-state index in [2.05, 4.69) is 15.3 Å². The zero-order valence-corrected chi connectivity index (χ0v) is 18.4. The van der Waals surface area contributed by atoms with Gasteiger partial charge in [0.05, 0.1) is 27.2 Å². The Kier molecular flexibility index (Phi) is 5.58. The van der Waals surface area contributed by atoms with Crippen molar-refractivity contribution in [3.05, 3.63) is 81.3 Å². The number of amides is 2. The summed E-state index contributed by atoms with van der Waals surface area (Å²) in [6.45, 7) is 4.90. The maximum Gasteiger partial charge on any atom is 0.294 e. The minimum atomic E-state index is -0.891. The van der Waals surface area contributed by atoms with Crippen LogP contribution in [0, 0.1) is 13.8 Å². The predicted octanol–water partition coefficient (Wildman–Crippen LogP) is 3.90. The molecule has 0 bridgehead atoms. The number of ketones is 1. The van der Waals surface area contributed by atoms with Crippen LogP contribution >= 0.6 is 11.3 Å². The Bertz CT molecular complexity index is 1270. The van der Waals surface area contributed by atoms with Crippen LogP contribution < -0.4 is 10.2 Å². The molecule has 8 nitrogen and oxygen atoms in total. The number of nitrogens with zero attached hydrogens (tertiary/aromatic N) is 3. The zero-order chi connectivity index (χ0) is 23.0. The highest BCUT2D eigenvalue weighted by atomic mass is 32.1. The maximum absolute atomic E-state index is 13.5. The minimum absolute atomic E-state index is 0.0281. The first kappa shape index (κ1) is 21.4. The summed E-state index contributed by atoms with van der Waals surface area (Å²) in [6, 6.07) is 9.21. The number of nitrogens with one attached hydrogen (secondary N) is 1. The number of rotatable bonds is 5. The van der Waals surface area contributed by atoms with Gasteiger partial charge in [-0.15, -0.1) is 11.3 Å². The molecule has 0 saturated heterocycles. The third-order valence-corrected chi connectivity index (χ3v) is 6.08. The molecule has 9 heteroatoms. The summed E-state index contributed by atoms with van der Waals surface area (Å²) >= 11 is 1.22. The molecule has 0 radical (unpaired) electrons. The second-order valence-electron chi connectivity index (χ2n) is 7.33. The van der Waals surface area contributed by atoms with Gasteiger partial charge in [-0.05, 0) is 43.7 Å². The molecule has 2 amide bonds. The van der Waals surface area contributed by atoms with E-state index >= 15 is 0 Å². The van der Waals surface area contributed by atoms with Crippen molar-refractivity contribution < 1.29 is 19.5 Å². The molecule has 2 aromatic heterocycles. The number of Topliss-reactive ketones (excluding diaryl/α,β-unsaturated/α-hetero) is 1. The number of benzene rings is 1. The highest BCUT2D eigenvalue weighted by Gasteiger charge is 2.45. The normalized spacial score (nSPS) is 15.9. The van der Waals surface area contributed by atoms with Gasteiger partial charge in [-0.1, -0.05) is 12.1 Å². The lowest BCUT2D eigenvalue weighted by atomic mass is 9.96. The van der Waals surface area contributed by atoms with E-state index in [4.69, 9.17) is 0 Å². The fourth-order valence-corrected chi connectivity index (χ4v) is 4.63. The van der Waals surface area contributed by atoms with Crippen LogP contribution in [0.15, 0.2) is 60.1 Å². The lowest BCUT2D eigenvalue weighted by Gasteiger charge is -2.27. The van der Waals surface area contributed by atoms with Crippen molar-refractivity contribution in [2.24, 2.45) is 0 Å². The van der Waals surface area contributed by atoms with Crippen LogP contribution in [0.3, 0.4) is 0 Å². The third kappa shape index (κ3) is 3.78. The van der Waals surface area contributed by atoms with E-state index in [0.717, 1.165) is 0 Å². The number of hydrogen-bond donors (Lipinski definition) is 2. The molecule has 1 aliphatic heterocycles. The van der Waals surface area contributed by atoms with Gasteiger partial charge in [-0.3, -0.25) is 24.3 Å². The number of thiazole rings is 1. The Morgan fingerprint density at radius 1 is 1.19 bits per heavy atom. The predicted molar refractivity (Wildman–Crippen MR) is 121 cm³/mol. The van der Waals surface area contributed by atoms with Crippen LogP contribution in [-0.2, 0) is 9.59 Å². The molecule has 1 unspecified atom stereocenters. The van der Waals surface area contributed by atoms with Gasteiger partial charge in [0.15, 0.2) is 5.76 Å². The van der Waals surface area contributed by atoms with E-state index < -0.39 is 23.5 Å². The van der Waals surface area contributed by atoms with E-state index in [1.807, 2.05) is 0 Å². The summed E-state index contributed by atoms with van der Waals surface area (Å²) in [4.78, 5) is 48.3. The fraction of sp³-hybridized carbons (Fsp3) is 0.174. The summed E-state index contributed by atoms with van der Waals surface area (Å²) in [7, 11) is 0. The van der Waals surface area contributed by atoms with Crippen LogP contribution in [0.5, 0.6) is 0 Å². The number of aliphatic hydroxyl groups is 1. The molecule has 1 aromatic carbocycles. The molecule has 162 valence electrons. The first-order chi connectivity index (χ1) is 15.3. The number of pyridine rings is 1. The van der Waals surface area contributed by atoms with Gasteiger partial charge in [-0.25, -0.2) is 4.98 Å². The quantitative estimate of drug-likeness (QED) is 0.573. The summed E-state index contributed by atoms with van der Waals surface area (Å²) in [6.07, 6.45) is 3.14. The van der Waals surface area contributed by atoms with E-state index in [1.54, 1.807) is 62.6 Å². The number of aromatic nitrogens is 2. The topological polar surface area (TPSA) is 112 Å². The Morgan fingerprint density at radius 3 is 2.59 bits per heavy atom. The second-order valence-corrected chi connectivity index (χ2v) is 8.54. The maximum atomic E-state index is 13.5. The molecule has 32 heavy (non-hydrogen) atoms. The van der Waals surface area contributed by atoms with Gasteiger partial charge in [-0.2, -0.15) is 0 Å². The standard InChI is InChI=1S/C23H20N4O4S/c1-12-22(32-14(3)25-12)20(29)18-19(15-6-5-9-24-11-15)27(23(31)21(18)30)17-8-4-7-16(10-17)26-13(2)28/h4-11,19,30H,1-3H3,(H,26,28). The smallest absolute Gasteiger partial charge is 0.294 e. The van der Waals surface area contributed by atoms with Crippen molar-refractivity contribution in [2.45, 2.75) is 26.8 Å². The van der Waals surface area contributed by atoms with E-state index in [1.165, 1.54) is 23.2 Å². The van der Waals surface area contributed by atoms with E-state index in [0.29, 0.717) is 32.5 Å². The second kappa shape index (κ2) is 8.35. The highest BCUT2D eigenvalue weighted by Crippen LogP contribution is 2.42. The van der Waals surface area contributed by atoms with Crippen molar-refractivity contribution in [2.75, 3.05) is 10.2 Å². The monoisotopic (exact) mass is 448 g/mol. The largest absolute Gasteiger partial charge is 0.503 e. The van der Waals surface area contributed by atoms with Gasteiger partial charge in [0, 0.05) is 30.7 Å². The average Bonchev–Trinajstić information content (AvgIpc) is 3.23. The van der Waals surface area contributed by atoms with Gasteiger partial charge >= 0.3 is 0 Å². The summed E-state index contributed by atoms with van der Waals surface area (Å²) in [5.41, 5.74) is 1.99. The first-order valence-electron chi connectivity index (χ1n) is 9.81. The number of carbonyl (C=O) groups is 3. The Balaban J connectivity index is 1.86. The lowest BCUT2D eigenvalue weighted by molar-refractivity contribution is -0.117. The SMILES string of the molecule is CC(=O)Nc1cccc(N2C(=O)C(O)=C(C(=O)c3sc(C)nc3C)C2c2cccnc2)c1. The Hall–Kier alpha value is -3.85. The zero-order valence-electron chi connectivity index (χ0n) is 17.6. The molecule has 3 aromatic rings. The molecule has 0 saturated carbocycles. The highest BCUT2D eigenvalue weighted by molar-refractivity contribution is 7.14. The number of aryl methyl sites for hydroxylation is 2. The number of carbonyl (C=O) groups excluding carboxylic acids is 3. The van der Waals surface area contributed by atoms with Gasteiger partial charge < -0.3 is 10.4 Å². The minimum Gasteiger partial charge on any atom is -0.503 e. The molecular weight excluding hydrogens is 428 g/mol. The molecule has 1 atom stereocenters. The van der Waals surface area contributed by atoms with Crippen LogP contribution in [0.2, 0.25) is 0 Å². The van der Waals surface area contributed by atoms with Crippen LogP contribution in [0.4, 0.5) is 11.4 Å². The van der Waals surface area contributed by atoms with E-state index in [-0.39, 0.29) is 11.5 Å². The Morgan fingerprint density at radius 2 is 1.97 bits per heavy atom. The van der Waals surface area contributed by atoms with Crippen LogP contribution in [0.1, 0.15) is 38.9 Å². The summed E-state index contributed by atoms with van der Waals surface area (Å²) < 4.78 is 0. The average molecular weight is 449 g/mol. The molecule has 4 rings (SSSR count). The van der Waals surface area contributed by atoms with Gasteiger partial charge in [0.25, 0.3) is 5.91 Å². The molecule has 0 fully saturated rings. The van der Waals surface area contributed by atoms with Crippen LogP contribution in [0.25, 0.3) is 0 Å². The van der Waals surface area contributed by atoms with Crippen molar-refractivity contribution in [1.82, 2.24) is 9.97 Å². The molecule has 0 aliphatic carbocycles. The van der Waals surface area contributed by atoms with Crippen molar-refractivity contribution >= 4 is 40.3 Å². The number of aliphatic hydroxyl groups excluding tert-OH is 1. The van der Waals surface area contributed by atoms with Gasteiger partial charge in [0.2, 0.25) is 11.7 Å². The van der Waals surface area contributed by atoms with Crippen LogP contribution in [-0.4, -0.2) is 32.7 Å². The summed E-state index contributed by atoms with van der Waals surface area (Å²) in [5, 5.41) is 14.2. The summed E-state index contributed by atoms with van der Waals surface area (Å²) in [5.74, 6) is -2.03. The fourth-order valence-electron chi connectivity index (χ4n) is 3.76. The first-order valence-corrected chi connectivity index (χ1v) is 10.6. The number of hydrogen-bond acceptors (Lipinski definition) is 7. The molecule has 0 spiro atoms. The van der Waals surface area contributed by atoms with Crippen molar-refractivity contribution in [3.63, 3.8) is 0 Å². The Labute approximate surface area is 188 Å².